The maximum absolute atomic E-state index is 12.9. The minimum atomic E-state index is -0.274. The smallest absolute Gasteiger partial charge is 0.259 e. The number of hydrogen-bond donors (Lipinski definition) is 1. The number of carbonyl (C=O) groups excluding carboxylic acids is 1. The summed E-state index contributed by atoms with van der Waals surface area (Å²) in [5.41, 5.74) is 1.90. The first kappa shape index (κ1) is 21.0. The molecule has 0 radical (unpaired) electrons. The van der Waals surface area contributed by atoms with E-state index in [1.165, 1.54) is 0 Å². The number of rotatable bonds is 10. The molecule has 0 unspecified atom stereocenters. The van der Waals surface area contributed by atoms with Gasteiger partial charge in [0.15, 0.2) is 0 Å². The lowest BCUT2D eigenvalue weighted by Gasteiger charge is -2.15. The molecule has 0 aliphatic rings. The predicted molar refractivity (Wildman–Crippen MR) is 119 cm³/mol. The van der Waals surface area contributed by atoms with Crippen molar-refractivity contribution < 1.29 is 19.0 Å². The van der Waals surface area contributed by atoms with E-state index in [-0.39, 0.29) is 5.91 Å². The van der Waals surface area contributed by atoms with Crippen molar-refractivity contribution in [3.8, 4) is 17.2 Å². The highest BCUT2D eigenvalue weighted by Gasteiger charge is 2.14. The Morgan fingerprint density at radius 2 is 1.43 bits per heavy atom. The van der Waals surface area contributed by atoms with E-state index in [0.717, 1.165) is 11.3 Å². The van der Waals surface area contributed by atoms with Crippen molar-refractivity contribution in [2.24, 2.45) is 0 Å². The van der Waals surface area contributed by atoms with E-state index in [4.69, 9.17) is 14.2 Å². The van der Waals surface area contributed by atoms with E-state index in [1.807, 2.05) is 61.5 Å². The van der Waals surface area contributed by atoms with Crippen LogP contribution in [-0.4, -0.2) is 25.7 Å². The molecule has 3 rings (SSSR count). The Hall–Kier alpha value is -3.73. The average Bonchev–Trinajstić information content (AvgIpc) is 2.77. The summed E-state index contributed by atoms with van der Waals surface area (Å²) in [6, 6.07) is 24.0. The van der Waals surface area contributed by atoms with Crippen LogP contribution in [0.2, 0.25) is 0 Å². The molecule has 0 aliphatic heterocycles. The van der Waals surface area contributed by atoms with Crippen LogP contribution in [0.15, 0.2) is 91.0 Å². The maximum Gasteiger partial charge on any atom is 0.259 e. The third-order valence-corrected chi connectivity index (χ3v) is 4.09. The van der Waals surface area contributed by atoms with Gasteiger partial charge in [0, 0.05) is 0 Å². The molecule has 3 aromatic rings. The van der Waals surface area contributed by atoms with Crippen LogP contribution < -0.4 is 19.5 Å². The molecular weight excluding hydrogens is 378 g/mol. The highest BCUT2D eigenvalue weighted by atomic mass is 16.5. The second-order valence-corrected chi connectivity index (χ2v) is 6.70. The quantitative estimate of drug-likeness (QED) is 0.366. The summed E-state index contributed by atoms with van der Waals surface area (Å²) in [4.78, 5) is 12.9. The van der Waals surface area contributed by atoms with E-state index in [9.17, 15) is 4.79 Å². The van der Waals surface area contributed by atoms with Crippen molar-refractivity contribution in [2.45, 2.75) is 6.92 Å². The van der Waals surface area contributed by atoms with Crippen molar-refractivity contribution in [3.05, 3.63) is 96.6 Å². The summed E-state index contributed by atoms with van der Waals surface area (Å²) in [5, 5.41) is 2.91. The fraction of sp³-hybridized carbons (Fsp3) is 0.160. The van der Waals surface area contributed by atoms with Crippen LogP contribution >= 0.6 is 0 Å². The summed E-state index contributed by atoms with van der Waals surface area (Å²) in [5.74, 6) is 1.59. The monoisotopic (exact) mass is 403 g/mol. The molecule has 0 aromatic heterocycles. The normalized spacial score (nSPS) is 10.2. The van der Waals surface area contributed by atoms with Crippen molar-refractivity contribution in [3.63, 3.8) is 0 Å². The van der Waals surface area contributed by atoms with E-state index in [2.05, 4.69) is 11.9 Å². The van der Waals surface area contributed by atoms with Gasteiger partial charge in [-0.3, -0.25) is 4.79 Å². The SMILES string of the molecule is C=C(C)COc1ccccc1C(=O)Nc1ccccc1OCCOc1ccccc1. The van der Waals surface area contributed by atoms with Gasteiger partial charge < -0.3 is 19.5 Å². The van der Waals surface area contributed by atoms with Crippen molar-refractivity contribution in [1.29, 1.82) is 0 Å². The second kappa shape index (κ2) is 10.7. The number of benzene rings is 3. The summed E-state index contributed by atoms with van der Waals surface area (Å²) < 4.78 is 17.2. The Bertz CT molecular complexity index is 985. The fourth-order valence-electron chi connectivity index (χ4n) is 2.69. The summed E-state index contributed by atoms with van der Waals surface area (Å²) in [6.07, 6.45) is 0. The first-order chi connectivity index (χ1) is 14.6. The van der Waals surface area contributed by atoms with Crippen molar-refractivity contribution in [1.82, 2.24) is 0 Å². The molecule has 0 saturated heterocycles. The van der Waals surface area contributed by atoms with Crippen LogP contribution in [0.1, 0.15) is 17.3 Å². The largest absolute Gasteiger partial charge is 0.490 e. The number of carbonyl (C=O) groups is 1. The number of amides is 1. The number of ether oxygens (including phenoxy) is 3. The topological polar surface area (TPSA) is 56.8 Å². The Labute approximate surface area is 176 Å². The number of para-hydroxylation sites is 4. The molecule has 1 N–H and O–H groups in total. The highest BCUT2D eigenvalue weighted by Crippen LogP contribution is 2.26. The van der Waals surface area contributed by atoms with E-state index in [0.29, 0.717) is 42.6 Å². The van der Waals surface area contributed by atoms with Gasteiger partial charge in [-0.1, -0.05) is 49.0 Å². The van der Waals surface area contributed by atoms with Gasteiger partial charge in [-0.25, -0.2) is 0 Å². The molecule has 1 amide bonds. The Balaban J connectivity index is 1.62. The molecule has 0 spiro atoms. The summed E-state index contributed by atoms with van der Waals surface area (Å²) in [7, 11) is 0. The number of hydrogen-bond acceptors (Lipinski definition) is 4. The molecular formula is C25H25NO4. The standard InChI is InChI=1S/C25H25NO4/c1-19(2)18-30-23-14-8-6-12-21(23)25(27)26-22-13-7-9-15-24(22)29-17-16-28-20-10-4-3-5-11-20/h3-15H,1,16-18H2,2H3,(H,26,27). The van der Waals surface area contributed by atoms with Gasteiger partial charge in [0.2, 0.25) is 0 Å². The van der Waals surface area contributed by atoms with E-state index in [1.54, 1.807) is 24.3 Å². The van der Waals surface area contributed by atoms with Gasteiger partial charge in [0.1, 0.15) is 37.1 Å². The molecule has 3 aromatic carbocycles. The van der Waals surface area contributed by atoms with Crippen molar-refractivity contribution in [2.75, 3.05) is 25.1 Å². The minimum Gasteiger partial charge on any atom is -0.490 e. The van der Waals surface area contributed by atoms with Crippen LogP contribution in [-0.2, 0) is 0 Å². The Morgan fingerprint density at radius 1 is 0.800 bits per heavy atom. The van der Waals surface area contributed by atoms with Gasteiger partial charge in [-0.15, -0.1) is 0 Å². The Morgan fingerprint density at radius 3 is 2.20 bits per heavy atom. The maximum atomic E-state index is 12.9. The fourth-order valence-corrected chi connectivity index (χ4v) is 2.69. The van der Waals surface area contributed by atoms with Crippen LogP contribution in [0.5, 0.6) is 17.2 Å². The molecule has 154 valence electrons. The molecule has 0 saturated carbocycles. The minimum absolute atomic E-state index is 0.274. The summed E-state index contributed by atoms with van der Waals surface area (Å²) in [6.45, 7) is 6.79. The first-order valence-corrected chi connectivity index (χ1v) is 9.71. The van der Waals surface area contributed by atoms with E-state index < -0.39 is 0 Å². The molecule has 5 nitrogen and oxygen atoms in total. The molecule has 0 aliphatic carbocycles. The van der Waals surface area contributed by atoms with Gasteiger partial charge in [0.25, 0.3) is 5.91 Å². The molecule has 0 fully saturated rings. The zero-order valence-corrected chi connectivity index (χ0v) is 17.0. The van der Waals surface area contributed by atoms with Crippen LogP contribution in [0, 0.1) is 0 Å². The van der Waals surface area contributed by atoms with Gasteiger partial charge in [-0.2, -0.15) is 0 Å². The lowest BCUT2D eigenvalue weighted by molar-refractivity contribution is 0.102. The van der Waals surface area contributed by atoms with Crippen LogP contribution in [0.3, 0.4) is 0 Å². The molecule has 0 bridgehead atoms. The van der Waals surface area contributed by atoms with Gasteiger partial charge in [0.05, 0.1) is 11.3 Å². The number of anilines is 1. The average molecular weight is 403 g/mol. The van der Waals surface area contributed by atoms with Gasteiger partial charge >= 0.3 is 0 Å². The molecule has 0 heterocycles. The van der Waals surface area contributed by atoms with Gasteiger partial charge in [-0.05, 0) is 48.9 Å². The van der Waals surface area contributed by atoms with Crippen molar-refractivity contribution >= 4 is 11.6 Å². The lowest BCUT2D eigenvalue weighted by Crippen LogP contribution is -2.16. The lowest BCUT2D eigenvalue weighted by atomic mass is 10.1. The third kappa shape index (κ3) is 6.14. The van der Waals surface area contributed by atoms with E-state index >= 15 is 0 Å². The predicted octanol–water partition coefficient (Wildman–Crippen LogP) is 5.35. The zero-order chi connectivity index (χ0) is 21.2. The Kier molecular flexibility index (Phi) is 7.50. The molecule has 30 heavy (non-hydrogen) atoms. The van der Waals surface area contributed by atoms with Crippen LogP contribution in [0.4, 0.5) is 5.69 Å². The third-order valence-electron chi connectivity index (χ3n) is 4.09. The van der Waals surface area contributed by atoms with Crippen LogP contribution in [0.25, 0.3) is 0 Å². The zero-order valence-electron chi connectivity index (χ0n) is 17.0. The summed E-state index contributed by atoms with van der Waals surface area (Å²) >= 11 is 0. The first-order valence-electron chi connectivity index (χ1n) is 9.71. The highest BCUT2D eigenvalue weighted by molar-refractivity contribution is 6.06. The second-order valence-electron chi connectivity index (χ2n) is 6.70. The molecule has 0 atom stereocenters. The number of nitrogens with one attached hydrogen (secondary N) is 1. The molecule has 5 heteroatoms.